The zero-order valence-electron chi connectivity index (χ0n) is 25.5. The van der Waals surface area contributed by atoms with Crippen LogP contribution in [0.2, 0.25) is 13.1 Å². The van der Waals surface area contributed by atoms with Gasteiger partial charge in [0.05, 0.1) is 8.80 Å². The molecule has 0 aliphatic rings. The average Bonchev–Trinajstić information content (AvgIpc) is 2.51. The molecule has 1 radical (unpaired) electrons. The lowest BCUT2D eigenvalue weighted by atomic mass is 9.85. The Labute approximate surface area is 213 Å². The maximum Gasteiger partial charge on any atom is 0.0799 e. The lowest BCUT2D eigenvalue weighted by Gasteiger charge is -2.44. The predicted molar refractivity (Wildman–Crippen MR) is 163 cm³/mol. The molecule has 0 amide bonds. The van der Waals surface area contributed by atoms with Crippen molar-refractivity contribution in [1.29, 1.82) is 0 Å². The van der Waals surface area contributed by atoms with E-state index in [-0.39, 0.29) is 21.3 Å². The van der Waals surface area contributed by atoms with Gasteiger partial charge < -0.3 is 0 Å². The quantitative estimate of drug-likeness (QED) is 0.275. The Kier molecular flexibility index (Phi) is 9.82. The summed E-state index contributed by atoms with van der Waals surface area (Å²) in [5, 5.41) is 3.13. The van der Waals surface area contributed by atoms with E-state index in [1.165, 1.54) is 12.3 Å². The van der Waals surface area contributed by atoms with E-state index >= 15 is 0 Å². The van der Waals surface area contributed by atoms with Crippen LogP contribution in [0.4, 0.5) is 0 Å². The molecule has 0 atom stereocenters. The van der Waals surface area contributed by atoms with Crippen molar-refractivity contribution in [3.05, 3.63) is 28.8 Å². The van der Waals surface area contributed by atoms with Crippen molar-refractivity contribution in [2.75, 3.05) is 0 Å². The fourth-order valence-electron chi connectivity index (χ4n) is 5.51. The van der Waals surface area contributed by atoms with Gasteiger partial charge in [0, 0.05) is 0 Å². The molecule has 191 valence electrons. The standard InChI is InChI=1S/C30H57P2Si/c1-26(2,3)24-19-18-22(20-31(27(4,5)6)28(7,8)9)23(25(24)33(16)17)21-32(29(10,11)12)30(13,14)15/h18-19H,20-21H2,1-17H3. The van der Waals surface area contributed by atoms with Crippen LogP contribution in [0.3, 0.4) is 0 Å². The molecule has 0 nitrogen and oxygen atoms in total. The van der Waals surface area contributed by atoms with E-state index in [0.717, 1.165) is 0 Å². The molecule has 1 rings (SSSR count). The summed E-state index contributed by atoms with van der Waals surface area (Å²) < 4.78 is 0. The Morgan fingerprint density at radius 3 is 1.24 bits per heavy atom. The van der Waals surface area contributed by atoms with Crippen LogP contribution in [0.25, 0.3) is 0 Å². The molecule has 0 fully saturated rings. The van der Waals surface area contributed by atoms with Crippen molar-refractivity contribution in [3.63, 3.8) is 0 Å². The fraction of sp³-hybridized carbons (Fsp3) is 0.800. The van der Waals surface area contributed by atoms with Gasteiger partial charge in [-0.15, -0.1) is 0 Å². The molecule has 0 aromatic heterocycles. The molecular weight excluding hydrogens is 450 g/mol. The molecule has 0 unspecified atom stereocenters. The van der Waals surface area contributed by atoms with Crippen LogP contribution in [-0.2, 0) is 17.7 Å². The molecule has 0 N–H and O–H groups in total. The third kappa shape index (κ3) is 8.43. The molecule has 3 heteroatoms. The van der Waals surface area contributed by atoms with Gasteiger partial charge in [-0.1, -0.05) is 150 Å². The van der Waals surface area contributed by atoms with Crippen molar-refractivity contribution in [1.82, 2.24) is 0 Å². The first kappa shape index (κ1) is 31.3. The fourth-order valence-corrected chi connectivity index (χ4v) is 14.7. The number of benzene rings is 1. The van der Waals surface area contributed by atoms with E-state index < -0.39 is 8.80 Å². The summed E-state index contributed by atoms with van der Waals surface area (Å²) in [6.45, 7) is 42.0. The van der Waals surface area contributed by atoms with Crippen LogP contribution in [0.15, 0.2) is 12.1 Å². The second-order valence-corrected chi connectivity index (χ2v) is 25.4. The van der Waals surface area contributed by atoms with Gasteiger partial charge >= 0.3 is 0 Å². The first-order valence-electron chi connectivity index (χ1n) is 12.9. The lowest BCUT2D eigenvalue weighted by Crippen LogP contribution is -2.38. The molecule has 1 aromatic rings. The minimum atomic E-state index is -0.599. The Morgan fingerprint density at radius 1 is 0.576 bits per heavy atom. The van der Waals surface area contributed by atoms with Gasteiger partial charge in [0.15, 0.2) is 0 Å². The molecule has 33 heavy (non-hydrogen) atoms. The summed E-state index contributed by atoms with van der Waals surface area (Å²) in [5.74, 6) is 0. The molecular formula is C30H57P2Si. The molecule has 0 bridgehead atoms. The highest BCUT2D eigenvalue weighted by molar-refractivity contribution is 7.60. The molecule has 0 saturated heterocycles. The minimum absolute atomic E-state index is 0.167. The normalized spacial score (nSPS) is 14.7. The van der Waals surface area contributed by atoms with Gasteiger partial charge in [-0.3, -0.25) is 0 Å². The Balaban J connectivity index is 3.93. The van der Waals surface area contributed by atoms with Crippen LogP contribution in [0, 0.1) is 0 Å². The number of hydrogen-bond donors (Lipinski definition) is 0. The van der Waals surface area contributed by atoms with E-state index in [1.54, 1.807) is 21.9 Å². The molecule has 0 heterocycles. The summed E-state index contributed by atoms with van der Waals surface area (Å²) in [4.78, 5) is 0. The van der Waals surface area contributed by atoms with E-state index in [4.69, 9.17) is 0 Å². The van der Waals surface area contributed by atoms with E-state index in [9.17, 15) is 0 Å². The molecule has 0 saturated carbocycles. The van der Waals surface area contributed by atoms with Crippen molar-refractivity contribution < 1.29 is 0 Å². The van der Waals surface area contributed by atoms with Crippen LogP contribution < -0.4 is 5.19 Å². The summed E-state index contributed by atoms with van der Waals surface area (Å²) in [6, 6.07) is 5.07. The SMILES string of the molecule is C[Si](C)c1c(C(C)(C)C)ccc(CP(C(C)(C)C)C(C)(C)C)c1CP(C(C)(C)C)C(C)(C)C. The van der Waals surface area contributed by atoms with Crippen LogP contribution in [0.1, 0.15) is 121 Å². The summed E-state index contributed by atoms with van der Waals surface area (Å²) in [5.41, 5.74) is 5.21. The highest BCUT2D eigenvalue weighted by Crippen LogP contribution is 2.64. The topological polar surface area (TPSA) is 0 Å². The zero-order chi connectivity index (χ0) is 26.4. The number of rotatable bonds is 5. The summed E-state index contributed by atoms with van der Waals surface area (Å²) >= 11 is 0. The van der Waals surface area contributed by atoms with Gasteiger partial charge in [0.1, 0.15) is 0 Å². The van der Waals surface area contributed by atoms with Gasteiger partial charge in [0.25, 0.3) is 0 Å². The number of hydrogen-bond acceptors (Lipinski definition) is 0. The maximum absolute atomic E-state index is 2.55. The molecule has 1 aromatic carbocycles. The van der Waals surface area contributed by atoms with E-state index in [2.05, 4.69) is 129 Å². The summed E-state index contributed by atoms with van der Waals surface area (Å²) in [6.07, 6.45) is 2.52. The highest BCUT2D eigenvalue weighted by Gasteiger charge is 2.38. The highest BCUT2D eigenvalue weighted by atomic mass is 31.1. The predicted octanol–water partition coefficient (Wildman–Crippen LogP) is 10.1. The summed E-state index contributed by atoms with van der Waals surface area (Å²) in [7, 11) is -0.948. The van der Waals surface area contributed by atoms with Crippen LogP contribution in [0.5, 0.6) is 0 Å². The van der Waals surface area contributed by atoms with Gasteiger partial charge in [0.2, 0.25) is 0 Å². The van der Waals surface area contributed by atoms with E-state index in [0.29, 0.717) is 20.6 Å². The maximum atomic E-state index is 2.55. The third-order valence-electron chi connectivity index (χ3n) is 6.60. The first-order chi connectivity index (χ1) is 14.4. The van der Waals surface area contributed by atoms with Crippen LogP contribution in [-0.4, -0.2) is 29.4 Å². The zero-order valence-corrected chi connectivity index (χ0v) is 28.3. The van der Waals surface area contributed by atoms with Crippen molar-refractivity contribution in [3.8, 4) is 0 Å². The lowest BCUT2D eigenvalue weighted by molar-refractivity contribution is 0.593. The Morgan fingerprint density at radius 2 is 0.939 bits per heavy atom. The second kappa shape index (κ2) is 10.3. The van der Waals surface area contributed by atoms with Gasteiger partial charge in [-0.05, 0) is 55.1 Å². The molecule has 0 spiro atoms. The molecule has 0 aliphatic heterocycles. The van der Waals surface area contributed by atoms with Crippen molar-refractivity contribution in [2.45, 2.75) is 155 Å². The monoisotopic (exact) mass is 507 g/mol. The molecule has 0 aliphatic carbocycles. The average molecular weight is 508 g/mol. The van der Waals surface area contributed by atoms with Gasteiger partial charge in [-0.2, -0.15) is 0 Å². The largest absolute Gasteiger partial charge is 0.0911 e. The Hall–Kier alpha value is 0.297. The Bertz CT molecular complexity index is 759. The second-order valence-electron chi connectivity index (χ2n) is 15.2. The smallest absolute Gasteiger partial charge is 0.0799 e. The third-order valence-corrected chi connectivity index (χ3v) is 15.9. The minimum Gasteiger partial charge on any atom is -0.0911 e. The van der Waals surface area contributed by atoms with Crippen LogP contribution >= 0.6 is 15.8 Å². The van der Waals surface area contributed by atoms with Crippen molar-refractivity contribution in [2.24, 2.45) is 0 Å². The van der Waals surface area contributed by atoms with Gasteiger partial charge in [-0.25, -0.2) is 0 Å². The van der Waals surface area contributed by atoms with E-state index in [1.807, 2.05) is 0 Å². The first-order valence-corrected chi connectivity index (χ1v) is 18.4. The van der Waals surface area contributed by atoms with Crippen molar-refractivity contribution >= 4 is 29.8 Å².